The highest BCUT2D eigenvalue weighted by Gasteiger charge is 2.29. The van der Waals surface area contributed by atoms with Gasteiger partial charge in [0.15, 0.2) is 0 Å². The number of ether oxygens (including phenoxy) is 1. The lowest BCUT2D eigenvalue weighted by Crippen LogP contribution is -2.43. The quantitative estimate of drug-likeness (QED) is 0.660. The van der Waals surface area contributed by atoms with Crippen molar-refractivity contribution in [3.05, 3.63) is 58.6 Å². The van der Waals surface area contributed by atoms with Crippen LogP contribution in [-0.4, -0.2) is 45.3 Å². The number of methoxy groups -OCH3 is 1. The number of sulfonamides is 1. The lowest BCUT2D eigenvalue weighted by atomic mass is 9.94. The molecule has 1 fully saturated rings. The molecule has 8 nitrogen and oxygen atoms in total. The summed E-state index contributed by atoms with van der Waals surface area (Å²) in [6.45, 7) is 2.65. The Kier molecular flexibility index (Phi) is 7.43. The van der Waals surface area contributed by atoms with Crippen molar-refractivity contribution in [3.63, 3.8) is 0 Å². The summed E-state index contributed by atoms with van der Waals surface area (Å²) in [4.78, 5) is 27.4. The van der Waals surface area contributed by atoms with Crippen LogP contribution < -0.4 is 15.2 Å². The van der Waals surface area contributed by atoms with Crippen molar-refractivity contribution in [2.24, 2.45) is 11.1 Å². The molecule has 32 heavy (non-hydrogen) atoms. The second-order valence-corrected chi connectivity index (χ2v) is 9.76. The molecule has 0 aliphatic carbocycles. The van der Waals surface area contributed by atoms with Crippen LogP contribution in [-0.2, 0) is 14.8 Å². The van der Waals surface area contributed by atoms with Gasteiger partial charge in [-0.2, -0.15) is 0 Å². The number of nitrogens with zero attached hydrogens (tertiary/aromatic N) is 1. The molecule has 3 rings (SSSR count). The van der Waals surface area contributed by atoms with Crippen LogP contribution in [0.15, 0.2) is 47.4 Å². The van der Waals surface area contributed by atoms with E-state index in [1.165, 1.54) is 19.2 Å². The van der Waals surface area contributed by atoms with Crippen molar-refractivity contribution in [1.29, 1.82) is 0 Å². The Labute approximate surface area is 192 Å². The number of carbonyl (C=O) groups excluding carboxylic acids is 2. The number of likely N-dealkylation sites (tertiary alicyclic amines) is 1. The van der Waals surface area contributed by atoms with E-state index in [1.807, 2.05) is 0 Å². The molecule has 0 spiro atoms. The van der Waals surface area contributed by atoms with Gasteiger partial charge in [-0.3, -0.25) is 9.59 Å². The predicted molar refractivity (Wildman–Crippen MR) is 121 cm³/mol. The Balaban J connectivity index is 1.60. The fourth-order valence-electron chi connectivity index (χ4n) is 3.74. The molecule has 0 bridgehead atoms. The van der Waals surface area contributed by atoms with Gasteiger partial charge in [0.05, 0.1) is 23.6 Å². The minimum atomic E-state index is -3.82. The second-order valence-electron chi connectivity index (χ2n) is 7.76. The fraction of sp³-hybridized carbons (Fsp3) is 0.364. The molecular weight excluding hydrogens is 454 g/mol. The maximum atomic E-state index is 12.9. The molecule has 3 N–H and O–H groups in total. The molecule has 172 valence electrons. The predicted octanol–water partition coefficient (Wildman–Crippen LogP) is 2.73. The van der Waals surface area contributed by atoms with Gasteiger partial charge in [-0.05, 0) is 55.7 Å². The van der Waals surface area contributed by atoms with Gasteiger partial charge in [-0.15, -0.1) is 0 Å². The molecule has 10 heteroatoms. The molecular formula is C22H26ClN3O5S. The standard InChI is InChI=1S/C22H26ClN3O5S/c1-14(16-4-3-5-18(12-16)32(24,29)30)25-21(27)15-8-10-26(11-9-15)22(28)19-13-17(23)6-7-20(19)31-2/h3-7,12-15H,8-11H2,1-2H3,(H,25,27)(H2,24,29,30). The summed E-state index contributed by atoms with van der Waals surface area (Å²) in [7, 11) is -2.32. The summed E-state index contributed by atoms with van der Waals surface area (Å²) in [6.07, 6.45) is 1.04. The minimum absolute atomic E-state index is 0.000590. The van der Waals surface area contributed by atoms with Gasteiger partial charge in [0, 0.05) is 24.0 Å². The highest BCUT2D eigenvalue weighted by molar-refractivity contribution is 7.89. The number of hydrogen-bond acceptors (Lipinski definition) is 5. The Bertz CT molecular complexity index is 1110. The molecule has 2 aromatic rings. The van der Waals surface area contributed by atoms with E-state index in [1.54, 1.807) is 42.2 Å². The van der Waals surface area contributed by atoms with Gasteiger partial charge in [0.2, 0.25) is 15.9 Å². The number of halogens is 1. The monoisotopic (exact) mass is 479 g/mol. The van der Waals surface area contributed by atoms with Crippen molar-refractivity contribution in [2.75, 3.05) is 20.2 Å². The van der Waals surface area contributed by atoms with Crippen LogP contribution in [0.25, 0.3) is 0 Å². The first kappa shape index (κ1) is 24.0. The third-order valence-corrected chi connectivity index (χ3v) is 6.74. The Hall–Kier alpha value is -2.62. The summed E-state index contributed by atoms with van der Waals surface area (Å²) < 4.78 is 28.4. The first-order valence-electron chi connectivity index (χ1n) is 10.2. The molecule has 1 aliphatic heterocycles. The van der Waals surface area contributed by atoms with Crippen LogP contribution >= 0.6 is 11.6 Å². The largest absolute Gasteiger partial charge is 0.496 e. The molecule has 2 amide bonds. The summed E-state index contributed by atoms with van der Waals surface area (Å²) >= 11 is 6.04. The van der Waals surface area contributed by atoms with Crippen LogP contribution in [0, 0.1) is 5.92 Å². The molecule has 0 saturated carbocycles. The van der Waals surface area contributed by atoms with Crippen LogP contribution in [0.3, 0.4) is 0 Å². The number of primary sulfonamides is 1. The third kappa shape index (κ3) is 5.59. The smallest absolute Gasteiger partial charge is 0.257 e. The third-order valence-electron chi connectivity index (χ3n) is 5.59. The van der Waals surface area contributed by atoms with E-state index in [0.717, 1.165) is 0 Å². The number of piperidine rings is 1. The molecule has 2 aromatic carbocycles. The molecule has 0 radical (unpaired) electrons. The molecule has 1 atom stereocenters. The number of nitrogens with one attached hydrogen (secondary N) is 1. The van der Waals surface area contributed by atoms with Crippen LogP contribution in [0.4, 0.5) is 0 Å². The van der Waals surface area contributed by atoms with Crippen molar-refractivity contribution < 1.29 is 22.7 Å². The molecule has 1 heterocycles. The first-order chi connectivity index (χ1) is 15.1. The number of rotatable bonds is 6. The fourth-order valence-corrected chi connectivity index (χ4v) is 4.48. The van der Waals surface area contributed by atoms with E-state index in [-0.39, 0.29) is 28.7 Å². The van der Waals surface area contributed by atoms with Gasteiger partial charge >= 0.3 is 0 Å². The van der Waals surface area contributed by atoms with E-state index in [9.17, 15) is 18.0 Å². The summed E-state index contributed by atoms with van der Waals surface area (Å²) in [5.74, 6) is -0.110. The first-order valence-corrected chi connectivity index (χ1v) is 12.1. The molecule has 1 aliphatic rings. The average molecular weight is 480 g/mol. The highest BCUT2D eigenvalue weighted by Crippen LogP contribution is 2.27. The van der Waals surface area contributed by atoms with Gasteiger partial charge < -0.3 is 15.0 Å². The van der Waals surface area contributed by atoms with Gasteiger partial charge in [-0.25, -0.2) is 13.6 Å². The Morgan fingerprint density at radius 2 is 1.88 bits per heavy atom. The number of nitrogens with two attached hydrogens (primary N) is 1. The molecule has 1 unspecified atom stereocenters. The van der Waals surface area contributed by atoms with Crippen molar-refractivity contribution in [2.45, 2.75) is 30.7 Å². The zero-order valence-corrected chi connectivity index (χ0v) is 19.4. The van der Waals surface area contributed by atoms with Crippen molar-refractivity contribution in [3.8, 4) is 5.75 Å². The van der Waals surface area contributed by atoms with Crippen molar-refractivity contribution >= 4 is 33.4 Å². The van der Waals surface area contributed by atoms with E-state index in [4.69, 9.17) is 21.5 Å². The van der Waals surface area contributed by atoms with Gasteiger partial charge in [-0.1, -0.05) is 23.7 Å². The number of hydrogen-bond donors (Lipinski definition) is 2. The molecule has 0 aromatic heterocycles. The van der Waals surface area contributed by atoms with E-state index >= 15 is 0 Å². The van der Waals surface area contributed by atoms with E-state index < -0.39 is 10.0 Å². The number of benzene rings is 2. The van der Waals surface area contributed by atoms with E-state index in [2.05, 4.69) is 5.32 Å². The maximum absolute atomic E-state index is 12.9. The van der Waals surface area contributed by atoms with Gasteiger partial charge in [0.25, 0.3) is 5.91 Å². The SMILES string of the molecule is COc1ccc(Cl)cc1C(=O)N1CCC(C(=O)NC(C)c2cccc(S(N)(=O)=O)c2)CC1. The summed E-state index contributed by atoms with van der Waals surface area (Å²) in [5.41, 5.74) is 1.04. The van der Waals surface area contributed by atoms with Crippen molar-refractivity contribution in [1.82, 2.24) is 10.2 Å². The Morgan fingerprint density at radius 1 is 1.19 bits per heavy atom. The maximum Gasteiger partial charge on any atom is 0.257 e. The van der Waals surface area contributed by atoms with E-state index in [0.29, 0.717) is 47.8 Å². The normalized spacial score (nSPS) is 15.8. The zero-order valence-electron chi connectivity index (χ0n) is 17.9. The zero-order chi connectivity index (χ0) is 23.5. The topological polar surface area (TPSA) is 119 Å². The average Bonchev–Trinajstić information content (AvgIpc) is 2.78. The lowest BCUT2D eigenvalue weighted by Gasteiger charge is -2.32. The van der Waals surface area contributed by atoms with Crippen LogP contribution in [0.1, 0.15) is 41.7 Å². The van der Waals surface area contributed by atoms with Crippen LogP contribution in [0.2, 0.25) is 5.02 Å². The van der Waals surface area contributed by atoms with Crippen LogP contribution in [0.5, 0.6) is 5.75 Å². The van der Waals surface area contributed by atoms with Gasteiger partial charge in [0.1, 0.15) is 5.75 Å². The Morgan fingerprint density at radius 3 is 2.50 bits per heavy atom. The molecule has 1 saturated heterocycles. The number of amides is 2. The highest BCUT2D eigenvalue weighted by atomic mass is 35.5. The second kappa shape index (κ2) is 9.89. The summed E-state index contributed by atoms with van der Waals surface area (Å²) in [6, 6.07) is 10.7. The number of carbonyl (C=O) groups is 2. The summed E-state index contributed by atoms with van der Waals surface area (Å²) in [5, 5.41) is 8.57. The minimum Gasteiger partial charge on any atom is -0.496 e. The lowest BCUT2D eigenvalue weighted by molar-refractivity contribution is -0.127.